The Labute approximate surface area is 142 Å². The molecule has 0 bridgehead atoms. The van der Waals surface area contributed by atoms with E-state index in [2.05, 4.69) is 5.32 Å². The van der Waals surface area contributed by atoms with E-state index >= 15 is 0 Å². The highest BCUT2D eigenvalue weighted by Crippen LogP contribution is 2.17. The summed E-state index contributed by atoms with van der Waals surface area (Å²) in [7, 11) is 0. The summed E-state index contributed by atoms with van der Waals surface area (Å²) >= 11 is 5.80. The summed E-state index contributed by atoms with van der Waals surface area (Å²) in [6.07, 6.45) is -0.758. The zero-order valence-electron chi connectivity index (χ0n) is 12.8. The molecular formula is C15H17ClFN3O4. The van der Waals surface area contributed by atoms with E-state index in [0.717, 1.165) is 12.1 Å². The molecule has 1 fully saturated rings. The van der Waals surface area contributed by atoms with Crippen LogP contribution in [0.15, 0.2) is 18.2 Å². The largest absolute Gasteiger partial charge is 0.367 e. The standard InChI is InChI=1S/C15H17ClFN3O4/c16-11-7-9(17)1-2-10(11)15(23)19-4-3-13(21)20-5-6-24-12(8-20)14(18)22/h1-2,7,12H,3-6,8H2,(H2,18,22)(H,19,23). The number of primary amides is 1. The van der Waals surface area contributed by atoms with Crippen LogP contribution in [0.5, 0.6) is 0 Å². The van der Waals surface area contributed by atoms with Crippen molar-refractivity contribution in [3.8, 4) is 0 Å². The Morgan fingerprint density at radius 3 is 2.83 bits per heavy atom. The van der Waals surface area contributed by atoms with Gasteiger partial charge in [0.1, 0.15) is 5.82 Å². The summed E-state index contributed by atoms with van der Waals surface area (Å²) in [6.45, 7) is 0.785. The number of nitrogens with one attached hydrogen (secondary N) is 1. The molecule has 0 saturated carbocycles. The Hall–Kier alpha value is -2.19. The second kappa shape index (κ2) is 8.07. The van der Waals surface area contributed by atoms with Crippen LogP contribution in [0, 0.1) is 5.82 Å². The lowest BCUT2D eigenvalue weighted by Crippen LogP contribution is -2.50. The number of carbonyl (C=O) groups is 3. The molecule has 24 heavy (non-hydrogen) atoms. The third-order valence-corrected chi connectivity index (χ3v) is 3.85. The van der Waals surface area contributed by atoms with Gasteiger partial charge in [-0.25, -0.2) is 4.39 Å². The number of benzene rings is 1. The Balaban J connectivity index is 1.81. The van der Waals surface area contributed by atoms with Crippen molar-refractivity contribution >= 4 is 29.3 Å². The lowest BCUT2D eigenvalue weighted by Gasteiger charge is -2.31. The molecule has 0 aromatic heterocycles. The average Bonchev–Trinajstić information content (AvgIpc) is 2.54. The van der Waals surface area contributed by atoms with Gasteiger partial charge in [0.25, 0.3) is 5.91 Å². The van der Waals surface area contributed by atoms with Crippen LogP contribution in [-0.4, -0.2) is 55.0 Å². The maximum Gasteiger partial charge on any atom is 0.252 e. The first-order valence-corrected chi connectivity index (χ1v) is 7.68. The molecule has 9 heteroatoms. The number of ether oxygens (including phenoxy) is 1. The van der Waals surface area contributed by atoms with E-state index < -0.39 is 23.7 Å². The van der Waals surface area contributed by atoms with E-state index in [9.17, 15) is 18.8 Å². The van der Waals surface area contributed by atoms with Crippen LogP contribution < -0.4 is 11.1 Å². The summed E-state index contributed by atoms with van der Waals surface area (Å²) in [5.41, 5.74) is 5.29. The second-order valence-corrected chi connectivity index (χ2v) is 5.64. The smallest absolute Gasteiger partial charge is 0.252 e. The maximum absolute atomic E-state index is 13.0. The van der Waals surface area contributed by atoms with Crippen LogP contribution in [0.3, 0.4) is 0 Å². The molecule has 1 atom stereocenters. The van der Waals surface area contributed by atoms with Crippen LogP contribution in [-0.2, 0) is 14.3 Å². The van der Waals surface area contributed by atoms with Gasteiger partial charge in [-0.2, -0.15) is 0 Å². The third kappa shape index (κ3) is 4.65. The fourth-order valence-electron chi connectivity index (χ4n) is 2.26. The molecule has 1 aliphatic rings. The highest BCUT2D eigenvalue weighted by molar-refractivity contribution is 6.33. The Bertz CT molecular complexity index is 656. The van der Waals surface area contributed by atoms with Gasteiger partial charge in [0.15, 0.2) is 6.10 Å². The lowest BCUT2D eigenvalue weighted by atomic mass is 10.2. The molecule has 1 heterocycles. The molecule has 1 aromatic carbocycles. The SMILES string of the molecule is NC(=O)C1CN(C(=O)CCNC(=O)c2ccc(F)cc2Cl)CCO1. The third-order valence-electron chi connectivity index (χ3n) is 3.54. The minimum absolute atomic E-state index is 0.00342. The summed E-state index contributed by atoms with van der Waals surface area (Å²) in [4.78, 5) is 36.6. The first-order chi connectivity index (χ1) is 11.4. The van der Waals surface area contributed by atoms with E-state index in [0.29, 0.717) is 6.54 Å². The fraction of sp³-hybridized carbons (Fsp3) is 0.400. The zero-order valence-corrected chi connectivity index (χ0v) is 13.5. The van der Waals surface area contributed by atoms with E-state index in [1.165, 1.54) is 11.0 Å². The summed E-state index contributed by atoms with van der Waals surface area (Å²) < 4.78 is 18.1. The van der Waals surface area contributed by atoms with E-state index in [1.807, 2.05) is 0 Å². The zero-order chi connectivity index (χ0) is 17.7. The molecular weight excluding hydrogens is 341 g/mol. The number of nitrogens with zero attached hydrogens (tertiary/aromatic N) is 1. The lowest BCUT2D eigenvalue weighted by molar-refractivity contribution is -0.145. The first-order valence-electron chi connectivity index (χ1n) is 7.30. The molecule has 1 unspecified atom stereocenters. The van der Waals surface area contributed by atoms with Gasteiger partial charge >= 0.3 is 0 Å². The number of carbonyl (C=O) groups excluding carboxylic acids is 3. The van der Waals surface area contributed by atoms with Crippen molar-refractivity contribution < 1.29 is 23.5 Å². The van der Waals surface area contributed by atoms with Crippen molar-refractivity contribution in [3.63, 3.8) is 0 Å². The molecule has 3 N–H and O–H groups in total. The highest BCUT2D eigenvalue weighted by atomic mass is 35.5. The normalized spacial score (nSPS) is 17.4. The van der Waals surface area contributed by atoms with Gasteiger partial charge in [-0.3, -0.25) is 14.4 Å². The summed E-state index contributed by atoms with van der Waals surface area (Å²) in [5, 5.41) is 2.54. The molecule has 0 spiro atoms. The van der Waals surface area contributed by atoms with Crippen molar-refractivity contribution in [2.24, 2.45) is 5.73 Å². The summed E-state index contributed by atoms with van der Waals surface area (Å²) in [6, 6.07) is 3.44. The molecule has 0 aliphatic carbocycles. The van der Waals surface area contributed by atoms with Crippen LogP contribution in [0.2, 0.25) is 5.02 Å². The van der Waals surface area contributed by atoms with E-state index in [-0.39, 0.29) is 42.6 Å². The molecule has 0 radical (unpaired) electrons. The quantitative estimate of drug-likeness (QED) is 0.791. The highest BCUT2D eigenvalue weighted by Gasteiger charge is 2.27. The van der Waals surface area contributed by atoms with Crippen LogP contribution in [0.25, 0.3) is 0 Å². The van der Waals surface area contributed by atoms with Crippen molar-refractivity contribution in [3.05, 3.63) is 34.6 Å². The Kier molecular flexibility index (Phi) is 6.10. The van der Waals surface area contributed by atoms with Gasteiger partial charge < -0.3 is 20.7 Å². The monoisotopic (exact) mass is 357 g/mol. The van der Waals surface area contributed by atoms with E-state index in [1.54, 1.807) is 0 Å². The van der Waals surface area contributed by atoms with Gasteiger partial charge in [-0.15, -0.1) is 0 Å². The number of halogens is 2. The number of morpholine rings is 1. The van der Waals surface area contributed by atoms with Crippen molar-refractivity contribution in [2.75, 3.05) is 26.2 Å². The Morgan fingerprint density at radius 2 is 2.17 bits per heavy atom. The maximum atomic E-state index is 13.0. The number of hydrogen-bond acceptors (Lipinski definition) is 4. The van der Waals surface area contributed by atoms with Gasteiger partial charge in [-0.1, -0.05) is 11.6 Å². The number of amides is 3. The second-order valence-electron chi connectivity index (χ2n) is 5.23. The van der Waals surface area contributed by atoms with E-state index in [4.69, 9.17) is 22.1 Å². The Morgan fingerprint density at radius 1 is 1.42 bits per heavy atom. The van der Waals surface area contributed by atoms with Gasteiger partial charge in [0.05, 0.1) is 23.7 Å². The topological polar surface area (TPSA) is 102 Å². The van der Waals surface area contributed by atoms with Gasteiger partial charge in [0, 0.05) is 19.5 Å². The first kappa shape index (κ1) is 18.2. The number of rotatable bonds is 5. The molecule has 1 aromatic rings. The van der Waals surface area contributed by atoms with Crippen LogP contribution in [0.1, 0.15) is 16.8 Å². The molecule has 2 rings (SSSR count). The van der Waals surface area contributed by atoms with Crippen LogP contribution >= 0.6 is 11.6 Å². The average molecular weight is 358 g/mol. The molecule has 130 valence electrons. The molecule has 1 aliphatic heterocycles. The van der Waals surface area contributed by atoms with Gasteiger partial charge in [0.2, 0.25) is 11.8 Å². The minimum atomic E-state index is -0.810. The van der Waals surface area contributed by atoms with Crippen molar-refractivity contribution in [2.45, 2.75) is 12.5 Å². The number of nitrogens with two attached hydrogens (primary N) is 1. The molecule has 1 saturated heterocycles. The summed E-state index contributed by atoms with van der Waals surface area (Å²) in [5.74, 6) is -1.88. The van der Waals surface area contributed by atoms with Crippen molar-refractivity contribution in [1.82, 2.24) is 10.2 Å². The van der Waals surface area contributed by atoms with Gasteiger partial charge in [-0.05, 0) is 18.2 Å². The predicted molar refractivity (Wildman–Crippen MR) is 83.9 cm³/mol. The molecule has 7 nitrogen and oxygen atoms in total. The minimum Gasteiger partial charge on any atom is -0.367 e. The van der Waals surface area contributed by atoms with Crippen LogP contribution in [0.4, 0.5) is 4.39 Å². The number of hydrogen-bond donors (Lipinski definition) is 2. The molecule has 3 amide bonds. The predicted octanol–water partition coefficient (Wildman–Crippen LogP) is 0.312. The van der Waals surface area contributed by atoms with Crippen molar-refractivity contribution in [1.29, 1.82) is 0 Å². The fourth-order valence-corrected chi connectivity index (χ4v) is 2.51.